The number of halogens is 3. The van der Waals surface area contributed by atoms with Crippen molar-refractivity contribution in [3.8, 4) is 5.75 Å². The van der Waals surface area contributed by atoms with Gasteiger partial charge in [0, 0.05) is 30.6 Å². The van der Waals surface area contributed by atoms with Gasteiger partial charge in [0.15, 0.2) is 0 Å². The molecule has 0 aromatic heterocycles. The SMILES string of the molecule is O=C(NCC1CNCC1O)c1cc(Cl)ccc1OC(F)F. The van der Waals surface area contributed by atoms with Gasteiger partial charge >= 0.3 is 6.61 Å². The Balaban J connectivity index is 2.05. The molecule has 5 nitrogen and oxygen atoms in total. The number of carbonyl (C=O) groups is 1. The lowest BCUT2D eigenvalue weighted by Crippen LogP contribution is -2.34. The van der Waals surface area contributed by atoms with Crippen molar-refractivity contribution < 1.29 is 23.4 Å². The number of alkyl halides is 2. The lowest BCUT2D eigenvalue weighted by molar-refractivity contribution is -0.0501. The predicted molar refractivity (Wildman–Crippen MR) is 72.8 cm³/mol. The summed E-state index contributed by atoms with van der Waals surface area (Å²) in [6.45, 7) is -1.75. The van der Waals surface area contributed by atoms with Gasteiger partial charge in [0.1, 0.15) is 5.75 Å². The predicted octanol–water partition coefficient (Wildman–Crippen LogP) is 1.25. The maximum absolute atomic E-state index is 12.3. The van der Waals surface area contributed by atoms with Gasteiger partial charge in [0.25, 0.3) is 5.91 Å². The number of β-amino-alcohol motifs (C(OH)–C–C–N with tert-alkyl or cyclic N) is 1. The summed E-state index contributed by atoms with van der Waals surface area (Å²) < 4.78 is 28.9. The minimum absolute atomic E-state index is 0.0664. The Kier molecular flexibility index (Phi) is 5.33. The fraction of sp³-hybridized carbons (Fsp3) is 0.462. The van der Waals surface area contributed by atoms with E-state index in [1.165, 1.54) is 18.2 Å². The molecule has 3 N–H and O–H groups in total. The first-order valence-electron chi connectivity index (χ1n) is 6.38. The Morgan fingerprint density at radius 3 is 2.90 bits per heavy atom. The maximum Gasteiger partial charge on any atom is 0.387 e. The van der Waals surface area contributed by atoms with E-state index in [9.17, 15) is 18.7 Å². The number of amides is 1. The molecule has 1 fully saturated rings. The maximum atomic E-state index is 12.3. The zero-order valence-corrected chi connectivity index (χ0v) is 11.7. The topological polar surface area (TPSA) is 70.6 Å². The van der Waals surface area contributed by atoms with E-state index in [1.54, 1.807) is 0 Å². The average Bonchev–Trinajstić information content (AvgIpc) is 2.83. The van der Waals surface area contributed by atoms with Gasteiger partial charge in [0.2, 0.25) is 0 Å². The standard InChI is InChI=1S/C13H15ClF2N2O3/c14-8-1-2-11(21-13(15)16)9(3-8)12(20)18-5-7-4-17-6-10(7)19/h1-3,7,10,13,17,19H,4-6H2,(H,18,20). The quantitative estimate of drug-likeness (QED) is 0.764. The van der Waals surface area contributed by atoms with Gasteiger partial charge in [-0.3, -0.25) is 4.79 Å². The monoisotopic (exact) mass is 320 g/mol. The van der Waals surface area contributed by atoms with Gasteiger partial charge in [-0.25, -0.2) is 0 Å². The molecule has 1 aromatic rings. The second kappa shape index (κ2) is 7.02. The summed E-state index contributed by atoms with van der Waals surface area (Å²) >= 11 is 5.77. The number of hydrogen-bond donors (Lipinski definition) is 3. The van der Waals surface area contributed by atoms with Crippen molar-refractivity contribution in [3.05, 3.63) is 28.8 Å². The van der Waals surface area contributed by atoms with E-state index < -0.39 is 18.6 Å². The van der Waals surface area contributed by atoms with Crippen LogP contribution in [0.3, 0.4) is 0 Å². The number of ether oxygens (including phenoxy) is 1. The zero-order valence-electron chi connectivity index (χ0n) is 11.0. The zero-order chi connectivity index (χ0) is 15.4. The van der Waals surface area contributed by atoms with Crippen LogP contribution >= 0.6 is 11.6 Å². The van der Waals surface area contributed by atoms with Crippen molar-refractivity contribution >= 4 is 17.5 Å². The Bertz CT molecular complexity index is 516. The molecule has 0 spiro atoms. The number of aliphatic hydroxyl groups is 1. The van der Waals surface area contributed by atoms with Gasteiger partial charge in [-0.1, -0.05) is 11.6 Å². The minimum atomic E-state index is -3.03. The van der Waals surface area contributed by atoms with E-state index >= 15 is 0 Å². The van der Waals surface area contributed by atoms with Gasteiger partial charge in [0.05, 0.1) is 11.7 Å². The Hall–Kier alpha value is -1.44. The molecule has 1 amide bonds. The van der Waals surface area contributed by atoms with Crippen LogP contribution in [-0.4, -0.2) is 43.4 Å². The van der Waals surface area contributed by atoms with Crippen molar-refractivity contribution in [1.29, 1.82) is 0 Å². The minimum Gasteiger partial charge on any atom is -0.434 e. The molecule has 0 aliphatic carbocycles. The lowest BCUT2D eigenvalue weighted by Gasteiger charge is -2.15. The molecule has 8 heteroatoms. The molecule has 2 unspecified atom stereocenters. The highest BCUT2D eigenvalue weighted by Crippen LogP contribution is 2.24. The first-order valence-corrected chi connectivity index (χ1v) is 6.76. The second-order valence-electron chi connectivity index (χ2n) is 4.71. The first kappa shape index (κ1) is 15.9. The molecular weight excluding hydrogens is 306 g/mol. The van der Waals surface area contributed by atoms with E-state index in [0.29, 0.717) is 13.1 Å². The van der Waals surface area contributed by atoms with E-state index in [4.69, 9.17) is 11.6 Å². The van der Waals surface area contributed by atoms with Crippen LogP contribution in [0.5, 0.6) is 5.75 Å². The molecule has 2 atom stereocenters. The van der Waals surface area contributed by atoms with E-state index in [-0.39, 0.29) is 28.8 Å². The van der Waals surface area contributed by atoms with Crippen LogP contribution in [0.15, 0.2) is 18.2 Å². The van der Waals surface area contributed by atoms with Crippen LogP contribution in [-0.2, 0) is 0 Å². The summed E-state index contributed by atoms with van der Waals surface area (Å²) in [5, 5.41) is 15.4. The van der Waals surface area contributed by atoms with Crippen LogP contribution in [0, 0.1) is 5.92 Å². The second-order valence-corrected chi connectivity index (χ2v) is 5.15. The summed E-state index contributed by atoms with van der Waals surface area (Å²) in [5.41, 5.74) is -0.0664. The molecular formula is C13H15ClF2N2O3. The third-order valence-electron chi connectivity index (χ3n) is 3.23. The summed E-state index contributed by atoms with van der Waals surface area (Å²) in [4.78, 5) is 12.1. The number of carbonyl (C=O) groups excluding carboxylic acids is 1. The highest BCUT2D eigenvalue weighted by Gasteiger charge is 2.26. The van der Waals surface area contributed by atoms with Crippen LogP contribution in [0.1, 0.15) is 10.4 Å². The molecule has 1 heterocycles. The Labute approximate surface area is 125 Å². The molecule has 1 aliphatic heterocycles. The van der Waals surface area contributed by atoms with E-state index in [2.05, 4.69) is 15.4 Å². The highest BCUT2D eigenvalue weighted by molar-refractivity contribution is 6.31. The number of hydrogen-bond acceptors (Lipinski definition) is 4. The van der Waals surface area contributed by atoms with Crippen molar-refractivity contribution in [2.75, 3.05) is 19.6 Å². The fourth-order valence-electron chi connectivity index (χ4n) is 2.12. The number of aliphatic hydroxyl groups excluding tert-OH is 1. The lowest BCUT2D eigenvalue weighted by atomic mass is 10.1. The molecule has 1 aromatic carbocycles. The third kappa shape index (κ3) is 4.26. The van der Waals surface area contributed by atoms with Crippen LogP contribution < -0.4 is 15.4 Å². The molecule has 0 saturated carbocycles. The van der Waals surface area contributed by atoms with Crippen molar-refractivity contribution in [1.82, 2.24) is 10.6 Å². The largest absolute Gasteiger partial charge is 0.434 e. The summed E-state index contributed by atoms with van der Waals surface area (Å²) in [6, 6.07) is 3.84. The molecule has 0 radical (unpaired) electrons. The van der Waals surface area contributed by atoms with E-state index in [1.807, 2.05) is 0 Å². The smallest absolute Gasteiger partial charge is 0.387 e. The fourth-order valence-corrected chi connectivity index (χ4v) is 2.30. The molecule has 1 aliphatic rings. The highest BCUT2D eigenvalue weighted by atomic mass is 35.5. The first-order chi connectivity index (χ1) is 9.97. The van der Waals surface area contributed by atoms with Crippen LogP contribution in [0.2, 0.25) is 5.02 Å². The van der Waals surface area contributed by atoms with Gasteiger partial charge in [-0.05, 0) is 18.2 Å². The molecule has 2 rings (SSSR count). The van der Waals surface area contributed by atoms with Crippen molar-refractivity contribution in [2.45, 2.75) is 12.7 Å². The van der Waals surface area contributed by atoms with Gasteiger partial charge < -0.3 is 20.5 Å². The summed E-state index contributed by atoms with van der Waals surface area (Å²) in [5.74, 6) is -0.933. The number of rotatable bonds is 5. The van der Waals surface area contributed by atoms with Gasteiger partial charge in [-0.2, -0.15) is 8.78 Å². The number of nitrogens with one attached hydrogen (secondary N) is 2. The van der Waals surface area contributed by atoms with Crippen LogP contribution in [0.4, 0.5) is 8.78 Å². The summed E-state index contributed by atoms with van der Waals surface area (Å²) in [7, 11) is 0. The average molecular weight is 321 g/mol. The van der Waals surface area contributed by atoms with E-state index in [0.717, 1.165) is 0 Å². The molecule has 21 heavy (non-hydrogen) atoms. The Morgan fingerprint density at radius 1 is 1.52 bits per heavy atom. The number of benzene rings is 1. The Morgan fingerprint density at radius 2 is 2.29 bits per heavy atom. The molecule has 1 saturated heterocycles. The summed E-state index contributed by atoms with van der Waals surface area (Å²) in [6.07, 6.45) is -0.540. The van der Waals surface area contributed by atoms with Gasteiger partial charge in [-0.15, -0.1) is 0 Å². The van der Waals surface area contributed by atoms with Crippen molar-refractivity contribution in [2.24, 2.45) is 5.92 Å². The molecule has 116 valence electrons. The molecule has 0 bridgehead atoms. The van der Waals surface area contributed by atoms with Crippen LogP contribution in [0.25, 0.3) is 0 Å². The third-order valence-corrected chi connectivity index (χ3v) is 3.47. The van der Waals surface area contributed by atoms with Crippen molar-refractivity contribution in [3.63, 3.8) is 0 Å². The normalized spacial score (nSPS) is 21.6.